The van der Waals surface area contributed by atoms with Gasteiger partial charge in [0, 0.05) is 5.41 Å². The van der Waals surface area contributed by atoms with E-state index in [4.69, 9.17) is 9.47 Å². The van der Waals surface area contributed by atoms with Crippen molar-refractivity contribution >= 4 is 5.97 Å². The van der Waals surface area contributed by atoms with Gasteiger partial charge in [-0.1, -0.05) is 55.1 Å². The van der Waals surface area contributed by atoms with Crippen LogP contribution in [0.5, 0.6) is 0 Å². The van der Waals surface area contributed by atoms with E-state index in [0.717, 1.165) is 31.4 Å². The van der Waals surface area contributed by atoms with Crippen LogP contribution in [0.2, 0.25) is 0 Å². The van der Waals surface area contributed by atoms with Crippen molar-refractivity contribution in [2.24, 2.45) is 10.8 Å². The Balaban J connectivity index is 1.88. The van der Waals surface area contributed by atoms with Crippen molar-refractivity contribution in [3.05, 3.63) is 72.0 Å². The molecule has 2 aromatic carbocycles. The first-order chi connectivity index (χ1) is 14.1. The molecule has 3 aliphatic rings. The number of carbonyl (C=O) groups is 1. The van der Waals surface area contributed by atoms with E-state index in [0.29, 0.717) is 13.2 Å². The monoisotopic (exact) mass is 388 g/mol. The fraction of sp³-hybridized carbons (Fsp3) is 0.423. The van der Waals surface area contributed by atoms with Crippen molar-refractivity contribution in [1.29, 1.82) is 0 Å². The van der Waals surface area contributed by atoms with Crippen LogP contribution >= 0.6 is 0 Å². The van der Waals surface area contributed by atoms with E-state index in [-0.39, 0.29) is 11.4 Å². The second-order valence-electron chi connectivity index (χ2n) is 8.58. The molecule has 3 nitrogen and oxygen atoms in total. The number of benzene rings is 2. The molecule has 3 aliphatic carbocycles. The molecule has 0 aliphatic heterocycles. The van der Waals surface area contributed by atoms with E-state index >= 15 is 0 Å². The van der Waals surface area contributed by atoms with Crippen LogP contribution in [0.15, 0.2) is 60.9 Å². The van der Waals surface area contributed by atoms with Gasteiger partial charge in [-0.25, -0.2) is 0 Å². The average Bonchev–Trinajstić information content (AvgIpc) is 3.34. The number of esters is 1. The Morgan fingerprint density at radius 2 is 1.31 bits per heavy atom. The molecule has 5 rings (SSSR count). The lowest BCUT2D eigenvalue weighted by Crippen LogP contribution is -2.50. The molecular weight excluding hydrogens is 360 g/mol. The van der Waals surface area contributed by atoms with Gasteiger partial charge in [0.15, 0.2) is 0 Å². The molecule has 29 heavy (non-hydrogen) atoms. The summed E-state index contributed by atoms with van der Waals surface area (Å²) in [6, 6.07) is 17.2. The molecule has 0 radical (unpaired) electrons. The summed E-state index contributed by atoms with van der Waals surface area (Å²) in [5, 5.41) is 0. The molecule has 2 fully saturated rings. The first kappa shape index (κ1) is 18.5. The van der Waals surface area contributed by atoms with E-state index < -0.39 is 10.8 Å². The van der Waals surface area contributed by atoms with Crippen LogP contribution in [-0.4, -0.2) is 19.2 Å². The third-order valence-electron chi connectivity index (χ3n) is 7.86. The van der Waals surface area contributed by atoms with Crippen molar-refractivity contribution in [3.8, 4) is 11.1 Å². The zero-order chi connectivity index (χ0) is 20.3. The Labute approximate surface area is 172 Å². The number of fused-ring (bicyclic) bond motifs is 3. The number of hydrogen-bond acceptors (Lipinski definition) is 3. The number of rotatable bonds is 5. The van der Waals surface area contributed by atoms with Gasteiger partial charge in [-0.3, -0.25) is 4.79 Å². The molecule has 0 saturated heterocycles. The summed E-state index contributed by atoms with van der Waals surface area (Å²) >= 11 is 0. The summed E-state index contributed by atoms with van der Waals surface area (Å²) in [4.78, 5) is 13.6. The highest BCUT2D eigenvalue weighted by Crippen LogP contribution is 2.80. The minimum Gasteiger partial charge on any atom is -0.498 e. The van der Waals surface area contributed by atoms with E-state index in [9.17, 15) is 4.79 Å². The maximum atomic E-state index is 13.6. The van der Waals surface area contributed by atoms with Gasteiger partial charge in [0.1, 0.15) is 0 Å². The van der Waals surface area contributed by atoms with Crippen LogP contribution < -0.4 is 0 Å². The number of hydrogen-bond donors (Lipinski definition) is 0. The van der Waals surface area contributed by atoms with E-state index in [2.05, 4.69) is 55.1 Å². The summed E-state index contributed by atoms with van der Waals surface area (Å²) < 4.78 is 11.8. The molecule has 0 heterocycles. The van der Waals surface area contributed by atoms with Crippen molar-refractivity contribution in [2.45, 2.75) is 44.9 Å². The summed E-state index contributed by atoms with van der Waals surface area (Å²) in [5.74, 6) is 0.769. The maximum Gasteiger partial charge on any atom is 0.313 e. The predicted molar refractivity (Wildman–Crippen MR) is 113 cm³/mol. The topological polar surface area (TPSA) is 35.5 Å². The molecule has 1 spiro atoms. The molecule has 150 valence electrons. The molecule has 2 bridgehead atoms. The van der Waals surface area contributed by atoms with Gasteiger partial charge in [-0.2, -0.15) is 0 Å². The zero-order valence-corrected chi connectivity index (χ0v) is 17.3. The normalized spacial score (nSPS) is 27.5. The fourth-order valence-corrected chi connectivity index (χ4v) is 7.00. The lowest BCUT2D eigenvalue weighted by molar-refractivity contribution is -0.157. The van der Waals surface area contributed by atoms with Gasteiger partial charge in [0.25, 0.3) is 0 Å². The quantitative estimate of drug-likeness (QED) is 0.492. The average molecular weight is 389 g/mol. The molecule has 2 saturated carbocycles. The van der Waals surface area contributed by atoms with Crippen LogP contribution in [0.3, 0.4) is 0 Å². The summed E-state index contributed by atoms with van der Waals surface area (Å²) in [7, 11) is 0. The molecule has 0 N–H and O–H groups in total. The molecule has 0 atom stereocenters. The Morgan fingerprint density at radius 3 is 1.83 bits per heavy atom. The highest BCUT2D eigenvalue weighted by Gasteiger charge is 2.79. The van der Waals surface area contributed by atoms with Crippen LogP contribution in [0.1, 0.15) is 50.7 Å². The Hall–Kier alpha value is -2.55. The minimum absolute atomic E-state index is 0.0600. The van der Waals surface area contributed by atoms with E-state index in [1.165, 1.54) is 22.3 Å². The lowest BCUT2D eigenvalue weighted by atomic mass is 9.56. The van der Waals surface area contributed by atoms with Gasteiger partial charge in [-0.05, 0) is 61.8 Å². The van der Waals surface area contributed by atoms with Crippen LogP contribution in [0.4, 0.5) is 0 Å². The standard InChI is InChI=1S/C26H28O3/c1-4-28-18(3)24-14-16-25(17-15-24,23(27)29-5-2)26(24)21-12-8-6-10-19(21)20-11-7-9-13-22(20)26/h6-13H,3-5,14-17H2,1-2H3. The zero-order valence-electron chi connectivity index (χ0n) is 17.3. The molecule has 0 aromatic heterocycles. The van der Waals surface area contributed by atoms with Crippen molar-refractivity contribution in [2.75, 3.05) is 13.2 Å². The van der Waals surface area contributed by atoms with Gasteiger partial charge in [0.05, 0.1) is 29.8 Å². The Kier molecular flexibility index (Phi) is 3.96. The second kappa shape index (κ2) is 6.22. The number of carbonyl (C=O) groups excluding carboxylic acids is 1. The van der Waals surface area contributed by atoms with Crippen molar-refractivity contribution in [1.82, 2.24) is 0 Å². The Morgan fingerprint density at radius 1 is 0.828 bits per heavy atom. The van der Waals surface area contributed by atoms with Gasteiger partial charge in [-0.15, -0.1) is 0 Å². The van der Waals surface area contributed by atoms with Gasteiger partial charge >= 0.3 is 5.97 Å². The minimum atomic E-state index is -0.578. The third kappa shape index (κ3) is 1.92. The van der Waals surface area contributed by atoms with Crippen molar-refractivity contribution < 1.29 is 14.3 Å². The van der Waals surface area contributed by atoms with Crippen LogP contribution in [0, 0.1) is 10.8 Å². The van der Waals surface area contributed by atoms with E-state index in [1.54, 1.807) is 0 Å². The maximum absolute atomic E-state index is 13.6. The molecule has 2 aromatic rings. The summed E-state index contributed by atoms with van der Waals surface area (Å²) in [6.07, 6.45) is 3.40. The van der Waals surface area contributed by atoms with Gasteiger partial charge in [0.2, 0.25) is 0 Å². The summed E-state index contributed by atoms with van der Waals surface area (Å²) in [6.45, 7) is 9.32. The van der Waals surface area contributed by atoms with Crippen LogP contribution in [-0.2, 0) is 19.7 Å². The second-order valence-corrected chi connectivity index (χ2v) is 8.58. The molecule has 3 heteroatoms. The smallest absolute Gasteiger partial charge is 0.313 e. The number of allylic oxidation sites excluding steroid dienone is 1. The SMILES string of the molecule is C=C(OCC)C12CCC(C(=O)OCC)(CC1)C21c2ccccc2-c2ccccc21. The molecular formula is C26H28O3. The first-order valence-electron chi connectivity index (χ1n) is 10.8. The highest BCUT2D eigenvalue weighted by atomic mass is 16.5. The first-order valence-corrected chi connectivity index (χ1v) is 10.8. The lowest BCUT2D eigenvalue weighted by Gasteiger charge is -2.46. The largest absolute Gasteiger partial charge is 0.498 e. The highest BCUT2D eigenvalue weighted by molar-refractivity contribution is 5.91. The summed E-state index contributed by atoms with van der Waals surface area (Å²) in [5.41, 5.74) is 3.59. The van der Waals surface area contributed by atoms with Gasteiger partial charge < -0.3 is 9.47 Å². The fourth-order valence-electron chi connectivity index (χ4n) is 7.00. The van der Waals surface area contributed by atoms with Crippen LogP contribution in [0.25, 0.3) is 11.1 Å². The Bertz CT molecular complexity index is 913. The third-order valence-corrected chi connectivity index (χ3v) is 7.86. The molecule has 0 amide bonds. The predicted octanol–water partition coefficient (Wildman–Crippen LogP) is 5.63. The molecule has 0 unspecified atom stereocenters. The number of ether oxygens (including phenoxy) is 2. The van der Waals surface area contributed by atoms with E-state index in [1.807, 2.05) is 13.8 Å². The van der Waals surface area contributed by atoms with Crippen molar-refractivity contribution in [3.63, 3.8) is 0 Å².